The number of halogens is 1. The molecular weight excluding hydrogens is 260 g/mol. The second-order valence-electron chi connectivity index (χ2n) is 4.37. The summed E-state index contributed by atoms with van der Waals surface area (Å²) in [6, 6.07) is 9.56. The van der Waals surface area contributed by atoms with E-state index in [0.717, 1.165) is 28.1 Å². The fraction of sp³-hybridized carbons (Fsp3) is 0.143. The number of rotatable bonds is 2. The van der Waals surface area contributed by atoms with Gasteiger partial charge in [0.1, 0.15) is 11.5 Å². The number of aromatic nitrogens is 3. The molecular formula is C14H13ClN4. The van der Waals surface area contributed by atoms with Crippen molar-refractivity contribution < 1.29 is 0 Å². The average Bonchev–Trinajstić information content (AvgIpc) is 2.77. The molecule has 0 unspecified atom stereocenters. The van der Waals surface area contributed by atoms with Crippen LogP contribution in [-0.4, -0.2) is 22.0 Å². The van der Waals surface area contributed by atoms with E-state index in [-0.39, 0.29) is 0 Å². The Hall–Kier alpha value is -2.07. The first-order valence-electron chi connectivity index (χ1n) is 5.98. The summed E-state index contributed by atoms with van der Waals surface area (Å²) < 4.78 is 0. The maximum Gasteiger partial charge on any atom is 0.163 e. The molecule has 3 rings (SSSR count). The maximum atomic E-state index is 6.01. The van der Waals surface area contributed by atoms with Crippen LogP contribution in [-0.2, 0) is 0 Å². The lowest BCUT2D eigenvalue weighted by molar-refractivity contribution is 1.18. The highest BCUT2D eigenvalue weighted by atomic mass is 35.5. The van der Waals surface area contributed by atoms with Crippen LogP contribution in [0.1, 0.15) is 5.69 Å². The summed E-state index contributed by atoms with van der Waals surface area (Å²) in [6.45, 7) is 2.00. The second kappa shape index (κ2) is 4.55. The summed E-state index contributed by atoms with van der Waals surface area (Å²) in [5.74, 6) is 1.46. The van der Waals surface area contributed by atoms with Crippen LogP contribution in [0, 0.1) is 6.92 Å². The molecule has 4 nitrogen and oxygen atoms in total. The Morgan fingerprint density at radius 3 is 2.79 bits per heavy atom. The number of nitrogens with zero attached hydrogens (tertiary/aromatic N) is 2. The number of nitrogens with one attached hydrogen (secondary N) is 2. The Bertz CT molecular complexity index is 748. The molecule has 0 radical (unpaired) electrons. The van der Waals surface area contributed by atoms with Gasteiger partial charge in [0, 0.05) is 23.3 Å². The third kappa shape index (κ3) is 2.15. The monoisotopic (exact) mass is 272 g/mol. The molecule has 2 aromatic heterocycles. The van der Waals surface area contributed by atoms with Crippen LogP contribution in [0.4, 0.5) is 5.82 Å². The average molecular weight is 273 g/mol. The Labute approximate surface area is 115 Å². The lowest BCUT2D eigenvalue weighted by Gasteiger charge is -2.05. The van der Waals surface area contributed by atoms with Gasteiger partial charge in [-0.3, -0.25) is 0 Å². The number of fused-ring (bicyclic) bond motifs is 1. The summed E-state index contributed by atoms with van der Waals surface area (Å²) in [4.78, 5) is 12.3. The molecule has 19 heavy (non-hydrogen) atoms. The third-order valence-electron chi connectivity index (χ3n) is 2.94. The van der Waals surface area contributed by atoms with Gasteiger partial charge < -0.3 is 10.3 Å². The summed E-state index contributed by atoms with van der Waals surface area (Å²) in [5, 5.41) is 4.77. The van der Waals surface area contributed by atoms with Crippen molar-refractivity contribution in [1.82, 2.24) is 15.0 Å². The summed E-state index contributed by atoms with van der Waals surface area (Å²) in [7, 11) is 1.85. The summed E-state index contributed by atoms with van der Waals surface area (Å²) >= 11 is 6.01. The van der Waals surface area contributed by atoms with Crippen LogP contribution in [0.2, 0.25) is 5.02 Å². The number of aromatic amines is 1. The highest BCUT2D eigenvalue weighted by Crippen LogP contribution is 2.26. The minimum atomic E-state index is 0.654. The van der Waals surface area contributed by atoms with Crippen LogP contribution in [0.15, 0.2) is 30.3 Å². The number of hydrogen-bond acceptors (Lipinski definition) is 3. The van der Waals surface area contributed by atoms with Gasteiger partial charge in [0.05, 0.1) is 5.39 Å². The van der Waals surface area contributed by atoms with Gasteiger partial charge in [0.15, 0.2) is 5.82 Å². The zero-order valence-electron chi connectivity index (χ0n) is 10.7. The highest BCUT2D eigenvalue weighted by Gasteiger charge is 2.10. The van der Waals surface area contributed by atoms with Gasteiger partial charge >= 0.3 is 0 Å². The standard InChI is InChI=1S/C14H13ClN4/c1-8-6-11-13(16-2)18-12(19-14(11)17-8)9-4-3-5-10(15)7-9/h3-7H,1-2H3,(H2,16,17,18,19). The molecule has 0 fully saturated rings. The number of aryl methyl sites for hydroxylation is 1. The number of hydrogen-bond donors (Lipinski definition) is 2. The quantitative estimate of drug-likeness (QED) is 0.749. The van der Waals surface area contributed by atoms with Crippen molar-refractivity contribution >= 4 is 28.5 Å². The van der Waals surface area contributed by atoms with Crippen LogP contribution in [0.3, 0.4) is 0 Å². The molecule has 0 amide bonds. The van der Waals surface area contributed by atoms with Crippen molar-refractivity contribution in [3.8, 4) is 11.4 Å². The van der Waals surface area contributed by atoms with Gasteiger partial charge in [-0.15, -0.1) is 0 Å². The molecule has 0 atom stereocenters. The van der Waals surface area contributed by atoms with Crippen LogP contribution in [0.25, 0.3) is 22.4 Å². The number of benzene rings is 1. The van der Waals surface area contributed by atoms with E-state index in [1.165, 1.54) is 0 Å². The van der Waals surface area contributed by atoms with E-state index in [1.807, 2.05) is 44.3 Å². The molecule has 2 heterocycles. The van der Waals surface area contributed by atoms with Crippen molar-refractivity contribution in [3.05, 3.63) is 41.0 Å². The van der Waals surface area contributed by atoms with Crippen LogP contribution >= 0.6 is 11.6 Å². The molecule has 0 aliphatic carbocycles. The van der Waals surface area contributed by atoms with Crippen LogP contribution < -0.4 is 5.32 Å². The van der Waals surface area contributed by atoms with Gasteiger partial charge in [-0.25, -0.2) is 9.97 Å². The topological polar surface area (TPSA) is 53.6 Å². The number of anilines is 1. The zero-order chi connectivity index (χ0) is 13.4. The minimum absolute atomic E-state index is 0.654. The number of H-pyrrole nitrogens is 1. The molecule has 96 valence electrons. The normalized spacial score (nSPS) is 10.9. The molecule has 5 heteroatoms. The fourth-order valence-corrected chi connectivity index (χ4v) is 2.28. The lowest BCUT2D eigenvalue weighted by Crippen LogP contribution is -1.97. The molecule has 2 N–H and O–H groups in total. The van der Waals surface area contributed by atoms with E-state index < -0.39 is 0 Å². The summed E-state index contributed by atoms with van der Waals surface area (Å²) in [6.07, 6.45) is 0. The fourth-order valence-electron chi connectivity index (χ4n) is 2.09. The summed E-state index contributed by atoms with van der Waals surface area (Å²) in [5.41, 5.74) is 2.79. The highest BCUT2D eigenvalue weighted by molar-refractivity contribution is 6.30. The predicted molar refractivity (Wildman–Crippen MR) is 78.6 cm³/mol. The van der Waals surface area contributed by atoms with Crippen molar-refractivity contribution in [1.29, 1.82) is 0 Å². The van der Waals surface area contributed by atoms with Crippen molar-refractivity contribution in [2.75, 3.05) is 12.4 Å². The predicted octanol–water partition coefficient (Wildman–Crippen LogP) is 3.63. The molecule has 1 aromatic carbocycles. The molecule has 0 saturated carbocycles. The molecule has 0 aliphatic rings. The van der Waals surface area contributed by atoms with E-state index in [4.69, 9.17) is 11.6 Å². The Kier molecular flexibility index (Phi) is 2.87. The Balaban J connectivity index is 2.24. The molecule has 0 aliphatic heterocycles. The Morgan fingerprint density at radius 1 is 1.21 bits per heavy atom. The third-order valence-corrected chi connectivity index (χ3v) is 3.18. The first-order valence-corrected chi connectivity index (χ1v) is 6.36. The molecule has 0 spiro atoms. The van der Waals surface area contributed by atoms with Crippen molar-refractivity contribution in [2.45, 2.75) is 6.92 Å². The van der Waals surface area contributed by atoms with E-state index in [1.54, 1.807) is 0 Å². The van der Waals surface area contributed by atoms with E-state index in [0.29, 0.717) is 10.8 Å². The zero-order valence-corrected chi connectivity index (χ0v) is 11.4. The van der Waals surface area contributed by atoms with Gasteiger partial charge in [0.25, 0.3) is 0 Å². The van der Waals surface area contributed by atoms with Crippen molar-refractivity contribution in [2.24, 2.45) is 0 Å². The van der Waals surface area contributed by atoms with E-state index in [2.05, 4.69) is 20.3 Å². The SMILES string of the molecule is CNc1nc(-c2cccc(Cl)c2)nc2[nH]c(C)cc12. The van der Waals surface area contributed by atoms with Gasteiger partial charge in [-0.05, 0) is 25.1 Å². The van der Waals surface area contributed by atoms with Gasteiger partial charge in [-0.1, -0.05) is 23.7 Å². The van der Waals surface area contributed by atoms with Crippen molar-refractivity contribution in [3.63, 3.8) is 0 Å². The first-order chi connectivity index (χ1) is 9.17. The van der Waals surface area contributed by atoms with Crippen LogP contribution in [0.5, 0.6) is 0 Å². The lowest BCUT2D eigenvalue weighted by atomic mass is 10.2. The second-order valence-corrected chi connectivity index (χ2v) is 4.81. The van der Waals surface area contributed by atoms with E-state index in [9.17, 15) is 0 Å². The molecule has 0 bridgehead atoms. The Morgan fingerprint density at radius 2 is 2.05 bits per heavy atom. The van der Waals surface area contributed by atoms with Gasteiger partial charge in [0.2, 0.25) is 0 Å². The van der Waals surface area contributed by atoms with Gasteiger partial charge in [-0.2, -0.15) is 0 Å². The first kappa shape index (κ1) is 12.0. The largest absolute Gasteiger partial charge is 0.372 e. The molecule has 3 aromatic rings. The maximum absolute atomic E-state index is 6.01. The minimum Gasteiger partial charge on any atom is -0.372 e. The van der Waals surface area contributed by atoms with E-state index >= 15 is 0 Å². The smallest absolute Gasteiger partial charge is 0.163 e. The molecule has 0 saturated heterocycles.